The van der Waals surface area contributed by atoms with Crippen LogP contribution >= 0.6 is 0 Å². The van der Waals surface area contributed by atoms with Gasteiger partial charge in [-0.1, -0.05) is 18.6 Å². The van der Waals surface area contributed by atoms with Crippen LogP contribution in [-0.4, -0.2) is 19.0 Å². The van der Waals surface area contributed by atoms with Gasteiger partial charge in [0.2, 0.25) is 0 Å². The number of allylic oxidation sites excluding steroid dienone is 2. The molecule has 2 aliphatic rings. The number of hydrogen-bond acceptors (Lipinski definition) is 2. The van der Waals surface area contributed by atoms with E-state index in [2.05, 4.69) is 13.0 Å². The lowest BCUT2D eigenvalue weighted by Gasteiger charge is -2.21. The predicted octanol–water partition coefficient (Wildman–Crippen LogP) is 3.51. The second kappa shape index (κ2) is 6.34. The first-order chi connectivity index (χ1) is 8.25. The average Bonchev–Trinajstić information content (AvgIpc) is 2.56. The Morgan fingerprint density at radius 3 is 3.06 bits per heavy atom. The van der Waals surface area contributed by atoms with E-state index in [0.29, 0.717) is 18.8 Å². The van der Waals surface area contributed by atoms with Gasteiger partial charge in [0.15, 0.2) is 0 Å². The van der Waals surface area contributed by atoms with Crippen LogP contribution < -0.4 is 0 Å². The lowest BCUT2D eigenvalue weighted by molar-refractivity contribution is -0.126. The molecule has 0 amide bonds. The molecule has 1 heterocycles. The molecule has 1 aliphatic carbocycles. The van der Waals surface area contributed by atoms with E-state index in [0.717, 1.165) is 38.2 Å². The molecule has 17 heavy (non-hydrogen) atoms. The average molecular weight is 236 g/mol. The molecular weight excluding hydrogens is 212 g/mol. The Hall–Kier alpha value is -0.630. The van der Waals surface area contributed by atoms with Gasteiger partial charge < -0.3 is 4.74 Å². The second-order valence-electron chi connectivity index (χ2n) is 5.64. The summed E-state index contributed by atoms with van der Waals surface area (Å²) in [5.74, 6) is 1.40. The van der Waals surface area contributed by atoms with Crippen molar-refractivity contribution in [1.29, 1.82) is 0 Å². The van der Waals surface area contributed by atoms with E-state index in [-0.39, 0.29) is 5.92 Å². The van der Waals surface area contributed by atoms with Crippen LogP contribution in [0.3, 0.4) is 0 Å². The molecule has 2 heteroatoms. The van der Waals surface area contributed by atoms with Gasteiger partial charge in [-0.25, -0.2) is 0 Å². The van der Waals surface area contributed by atoms with E-state index in [1.54, 1.807) is 0 Å². The largest absolute Gasteiger partial charge is 0.381 e. The number of carbonyl (C=O) groups excluding carboxylic acids is 1. The summed E-state index contributed by atoms with van der Waals surface area (Å²) in [5.41, 5.74) is 1.38. The summed E-state index contributed by atoms with van der Waals surface area (Å²) in [6, 6.07) is 0. The normalized spacial score (nSPS) is 30.5. The molecule has 0 aromatic carbocycles. The second-order valence-corrected chi connectivity index (χ2v) is 5.64. The zero-order valence-electron chi connectivity index (χ0n) is 10.9. The van der Waals surface area contributed by atoms with Gasteiger partial charge >= 0.3 is 0 Å². The van der Waals surface area contributed by atoms with E-state index in [4.69, 9.17) is 4.74 Å². The standard InChI is InChI=1S/C15H24O2/c1-12-4-2-5-13(8-7-12)10-15(16)14-6-3-9-17-11-14/h5,12,14H,2-4,6-11H2,1H3. The van der Waals surface area contributed by atoms with E-state index in [1.165, 1.54) is 18.4 Å². The fraction of sp³-hybridized carbons (Fsp3) is 0.800. The molecule has 2 rings (SSSR count). The monoisotopic (exact) mass is 236 g/mol. The fourth-order valence-electron chi connectivity index (χ4n) is 2.77. The van der Waals surface area contributed by atoms with Crippen LogP contribution in [0.4, 0.5) is 0 Å². The first-order valence-corrected chi connectivity index (χ1v) is 7.04. The SMILES string of the molecule is CC1CCC=C(CC(=O)C2CCCOC2)CC1. The number of hydrogen-bond donors (Lipinski definition) is 0. The van der Waals surface area contributed by atoms with Gasteiger partial charge in [-0.3, -0.25) is 4.79 Å². The van der Waals surface area contributed by atoms with Crippen molar-refractivity contribution >= 4 is 5.78 Å². The predicted molar refractivity (Wildman–Crippen MR) is 68.9 cm³/mol. The fourth-order valence-corrected chi connectivity index (χ4v) is 2.77. The minimum atomic E-state index is 0.172. The molecule has 96 valence electrons. The first-order valence-electron chi connectivity index (χ1n) is 7.04. The maximum absolute atomic E-state index is 12.1. The number of ether oxygens (including phenoxy) is 1. The topological polar surface area (TPSA) is 26.3 Å². The number of rotatable bonds is 3. The van der Waals surface area contributed by atoms with Crippen LogP contribution in [0, 0.1) is 11.8 Å². The molecule has 1 aliphatic heterocycles. The summed E-state index contributed by atoms with van der Waals surface area (Å²) >= 11 is 0. The summed E-state index contributed by atoms with van der Waals surface area (Å²) in [6.45, 7) is 3.81. The molecule has 2 unspecified atom stereocenters. The van der Waals surface area contributed by atoms with Crippen LogP contribution in [0.2, 0.25) is 0 Å². The van der Waals surface area contributed by atoms with Gasteiger partial charge in [0.05, 0.1) is 6.61 Å². The maximum atomic E-state index is 12.1. The molecule has 0 aromatic rings. The molecule has 2 atom stereocenters. The molecule has 0 N–H and O–H groups in total. The smallest absolute Gasteiger partial charge is 0.142 e. The van der Waals surface area contributed by atoms with Gasteiger partial charge in [-0.2, -0.15) is 0 Å². The Morgan fingerprint density at radius 1 is 1.41 bits per heavy atom. The summed E-state index contributed by atoms with van der Waals surface area (Å²) < 4.78 is 5.39. The van der Waals surface area contributed by atoms with Crippen molar-refractivity contribution < 1.29 is 9.53 Å². The van der Waals surface area contributed by atoms with E-state index in [9.17, 15) is 4.79 Å². The Bertz CT molecular complexity index is 287. The van der Waals surface area contributed by atoms with Gasteiger partial charge in [0.25, 0.3) is 0 Å². The molecule has 0 radical (unpaired) electrons. The zero-order chi connectivity index (χ0) is 12.1. The van der Waals surface area contributed by atoms with Crippen molar-refractivity contribution in [3.63, 3.8) is 0 Å². The van der Waals surface area contributed by atoms with Gasteiger partial charge in [0.1, 0.15) is 5.78 Å². The molecule has 0 saturated carbocycles. The molecule has 0 bridgehead atoms. The summed E-state index contributed by atoms with van der Waals surface area (Å²) in [5, 5.41) is 0. The zero-order valence-corrected chi connectivity index (χ0v) is 10.9. The van der Waals surface area contributed by atoms with Crippen LogP contribution in [0.25, 0.3) is 0 Å². The highest BCUT2D eigenvalue weighted by molar-refractivity contribution is 5.83. The van der Waals surface area contributed by atoms with Crippen LogP contribution in [-0.2, 0) is 9.53 Å². The number of ketones is 1. The molecule has 0 aromatic heterocycles. The maximum Gasteiger partial charge on any atom is 0.142 e. The summed E-state index contributed by atoms with van der Waals surface area (Å²) in [6.07, 6.45) is 9.89. The van der Waals surface area contributed by atoms with Crippen molar-refractivity contribution in [3.8, 4) is 0 Å². The van der Waals surface area contributed by atoms with Crippen molar-refractivity contribution in [2.24, 2.45) is 11.8 Å². The minimum absolute atomic E-state index is 0.172. The van der Waals surface area contributed by atoms with E-state index in [1.807, 2.05) is 0 Å². The van der Waals surface area contributed by atoms with Gasteiger partial charge in [-0.15, -0.1) is 0 Å². The molecule has 1 fully saturated rings. The summed E-state index contributed by atoms with van der Waals surface area (Å²) in [7, 11) is 0. The van der Waals surface area contributed by atoms with Crippen LogP contribution in [0.5, 0.6) is 0 Å². The van der Waals surface area contributed by atoms with E-state index < -0.39 is 0 Å². The summed E-state index contributed by atoms with van der Waals surface area (Å²) in [4.78, 5) is 12.1. The molecule has 0 spiro atoms. The minimum Gasteiger partial charge on any atom is -0.381 e. The van der Waals surface area contributed by atoms with Gasteiger partial charge in [-0.05, 0) is 44.4 Å². The number of Topliss-reactive ketones (excluding diaryl/α,β-unsaturated/α-hetero) is 1. The lowest BCUT2D eigenvalue weighted by Crippen LogP contribution is -2.25. The third-order valence-corrected chi connectivity index (χ3v) is 4.07. The quantitative estimate of drug-likeness (QED) is 0.701. The van der Waals surface area contributed by atoms with Crippen LogP contribution in [0.1, 0.15) is 51.9 Å². The van der Waals surface area contributed by atoms with Crippen molar-refractivity contribution in [2.45, 2.75) is 51.9 Å². The van der Waals surface area contributed by atoms with Gasteiger partial charge in [0, 0.05) is 18.9 Å². The Labute approximate surface area is 104 Å². The Morgan fingerprint density at radius 2 is 2.29 bits per heavy atom. The number of carbonyl (C=O) groups is 1. The molecule has 1 saturated heterocycles. The Balaban J connectivity index is 1.82. The van der Waals surface area contributed by atoms with Crippen LogP contribution in [0.15, 0.2) is 11.6 Å². The molecular formula is C15H24O2. The van der Waals surface area contributed by atoms with Crippen molar-refractivity contribution in [1.82, 2.24) is 0 Å². The highest BCUT2D eigenvalue weighted by Gasteiger charge is 2.22. The third kappa shape index (κ3) is 3.95. The molecule has 2 nitrogen and oxygen atoms in total. The Kier molecular flexibility index (Phi) is 4.78. The van der Waals surface area contributed by atoms with Crippen molar-refractivity contribution in [2.75, 3.05) is 13.2 Å². The highest BCUT2D eigenvalue weighted by Crippen LogP contribution is 2.26. The highest BCUT2D eigenvalue weighted by atomic mass is 16.5. The lowest BCUT2D eigenvalue weighted by atomic mass is 9.91. The van der Waals surface area contributed by atoms with E-state index >= 15 is 0 Å². The van der Waals surface area contributed by atoms with Crippen molar-refractivity contribution in [3.05, 3.63) is 11.6 Å². The third-order valence-electron chi connectivity index (χ3n) is 4.07. The first kappa shape index (κ1) is 12.8.